The van der Waals surface area contributed by atoms with Gasteiger partial charge in [-0.2, -0.15) is 0 Å². The minimum absolute atomic E-state index is 0.0947. The molecule has 2 aromatic carbocycles. The molecule has 9 heteroatoms. The van der Waals surface area contributed by atoms with Crippen LogP contribution in [0.2, 0.25) is 0 Å². The maximum absolute atomic E-state index is 13.4. The Balaban J connectivity index is 1.46. The number of thiophene rings is 1. The molecule has 0 aliphatic carbocycles. The molecule has 0 saturated carbocycles. The first kappa shape index (κ1) is 22.8. The van der Waals surface area contributed by atoms with E-state index in [0.29, 0.717) is 17.4 Å². The molecule has 4 aromatic rings. The van der Waals surface area contributed by atoms with Crippen molar-refractivity contribution in [3.8, 4) is 10.7 Å². The molecular formula is C25H23FN4O2S2. The van der Waals surface area contributed by atoms with Crippen LogP contribution in [0.4, 0.5) is 10.1 Å². The topological polar surface area (TPSA) is 69.0 Å². The Bertz CT molecular complexity index is 1220. The van der Waals surface area contributed by atoms with E-state index < -0.39 is 5.25 Å². The molecule has 0 unspecified atom stereocenters. The highest BCUT2D eigenvalue weighted by molar-refractivity contribution is 8.00. The minimum Gasteiger partial charge on any atom is -0.376 e. The lowest BCUT2D eigenvalue weighted by Gasteiger charge is -2.19. The molecule has 34 heavy (non-hydrogen) atoms. The van der Waals surface area contributed by atoms with E-state index in [-0.39, 0.29) is 17.8 Å². The molecule has 3 heterocycles. The molecule has 1 fully saturated rings. The number of amides is 1. The molecule has 2 atom stereocenters. The van der Waals surface area contributed by atoms with Crippen molar-refractivity contribution in [2.75, 3.05) is 11.9 Å². The number of ether oxygens (including phenoxy) is 1. The lowest BCUT2D eigenvalue weighted by Crippen LogP contribution is -2.21. The fourth-order valence-corrected chi connectivity index (χ4v) is 5.63. The second-order valence-electron chi connectivity index (χ2n) is 7.93. The summed E-state index contributed by atoms with van der Waals surface area (Å²) in [4.78, 5) is 14.4. The predicted molar refractivity (Wildman–Crippen MR) is 132 cm³/mol. The zero-order chi connectivity index (χ0) is 23.3. The number of hydrogen-bond acceptors (Lipinski definition) is 6. The lowest BCUT2D eigenvalue weighted by atomic mass is 10.1. The van der Waals surface area contributed by atoms with E-state index in [1.807, 2.05) is 47.8 Å². The van der Waals surface area contributed by atoms with Crippen LogP contribution in [0.25, 0.3) is 10.7 Å². The van der Waals surface area contributed by atoms with Crippen molar-refractivity contribution in [2.45, 2.75) is 35.9 Å². The Morgan fingerprint density at radius 2 is 1.97 bits per heavy atom. The molecule has 6 nitrogen and oxygen atoms in total. The van der Waals surface area contributed by atoms with E-state index in [9.17, 15) is 9.18 Å². The summed E-state index contributed by atoms with van der Waals surface area (Å²) in [6.07, 6.45) is 2.12. The third kappa shape index (κ3) is 5.22. The Morgan fingerprint density at radius 3 is 2.68 bits per heavy atom. The number of carbonyl (C=O) groups excluding carboxylic acids is 1. The van der Waals surface area contributed by atoms with E-state index in [4.69, 9.17) is 4.74 Å². The van der Waals surface area contributed by atoms with Crippen molar-refractivity contribution in [3.05, 3.63) is 83.5 Å². The van der Waals surface area contributed by atoms with Gasteiger partial charge in [0.2, 0.25) is 5.91 Å². The zero-order valence-corrected chi connectivity index (χ0v) is 19.9. The van der Waals surface area contributed by atoms with Crippen molar-refractivity contribution in [3.63, 3.8) is 0 Å². The molecule has 1 N–H and O–H groups in total. The molecule has 1 saturated heterocycles. The highest BCUT2D eigenvalue weighted by Crippen LogP contribution is 2.38. The second kappa shape index (κ2) is 10.5. The summed E-state index contributed by atoms with van der Waals surface area (Å²) in [7, 11) is 0. The minimum atomic E-state index is -0.574. The third-order valence-electron chi connectivity index (χ3n) is 5.54. The normalized spacial score (nSPS) is 16.4. The van der Waals surface area contributed by atoms with Crippen LogP contribution < -0.4 is 5.32 Å². The van der Waals surface area contributed by atoms with Gasteiger partial charge in [-0.1, -0.05) is 48.2 Å². The maximum atomic E-state index is 13.4. The van der Waals surface area contributed by atoms with Crippen molar-refractivity contribution >= 4 is 34.7 Å². The van der Waals surface area contributed by atoms with Crippen LogP contribution in [-0.2, 0) is 16.1 Å². The summed E-state index contributed by atoms with van der Waals surface area (Å²) >= 11 is 2.96. The van der Waals surface area contributed by atoms with Crippen LogP contribution in [-0.4, -0.2) is 33.4 Å². The molecule has 2 aromatic heterocycles. The third-order valence-corrected chi connectivity index (χ3v) is 7.64. The predicted octanol–water partition coefficient (Wildman–Crippen LogP) is 5.80. The number of anilines is 1. The highest BCUT2D eigenvalue weighted by Gasteiger charge is 2.28. The SMILES string of the molecule is O=C(Nc1ccc(F)cc1)[C@H](Sc1nnc(-c2cccs2)n1C[C@H]1CCCO1)c1ccccc1. The first-order chi connectivity index (χ1) is 16.7. The first-order valence-corrected chi connectivity index (χ1v) is 12.8. The summed E-state index contributed by atoms with van der Waals surface area (Å²) in [6.45, 7) is 1.39. The van der Waals surface area contributed by atoms with Gasteiger partial charge >= 0.3 is 0 Å². The van der Waals surface area contributed by atoms with Crippen LogP contribution >= 0.6 is 23.1 Å². The highest BCUT2D eigenvalue weighted by atomic mass is 32.2. The Morgan fingerprint density at radius 1 is 1.15 bits per heavy atom. The van der Waals surface area contributed by atoms with Gasteiger partial charge in [-0.15, -0.1) is 21.5 Å². The monoisotopic (exact) mass is 494 g/mol. The van der Waals surface area contributed by atoms with Gasteiger partial charge in [0.05, 0.1) is 17.5 Å². The van der Waals surface area contributed by atoms with Crippen molar-refractivity contribution in [1.82, 2.24) is 14.8 Å². The molecule has 0 spiro atoms. The van der Waals surface area contributed by atoms with Crippen LogP contribution in [0.3, 0.4) is 0 Å². The number of benzene rings is 2. The summed E-state index contributed by atoms with van der Waals surface area (Å²) in [5, 5.41) is 14.0. The van der Waals surface area contributed by atoms with Crippen molar-refractivity contribution in [2.24, 2.45) is 0 Å². The molecule has 1 amide bonds. The second-order valence-corrected chi connectivity index (χ2v) is 9.95. The van der Waals surface area contributed by atoms with Gasteiger partial charge in [-0.3, -0.25) is 9.36 Å². The molecule has 1 aliphatic heterocycles. The van der Waals surface area contributed by atoms with Crippen molar-refractivity contribution in [1.29, 1.82) is 0 Å². The fourth-order valence-electron chi connectivity index (χ4n) is 3.87. The average Bonchev–Trinajstić information content (AvgIpc) is 3.63. The van der Waals surface area contributed by atoms with Gasteiger partial charge in [0.1, 0.15) is 11.1 Å². The number of aromatic nitrogens is 3. The Kier molecular flexibility index (Phi) is 7.03. The summed E-state index contributed by atoms with van der Waals surface area (Å²) in [5.41, 5.74) is 1.38. The van der Waals surface area contributed by atoms with Crippen LogP contribution in [0.5, 0.6) is 0 Å². The molecule has 0 radical (unpaired) electrons. The fraction of sp³-hybridized carbons (Fsp3) is 0.240. The number of hydrogen-bond donors (Lipinski definition) is 1. The quantitative estimate of drug-likeness (QED) is 0.314. The number of nitrogens with one attached hydrogen (secondary N) is 1. The Hall–Kier alpha value is -3.01. The molecule has 0 bridgehead atoms. The Labute approximate surface area is 205 Å². The van der Waals surface area contributed by atoms with Gasteiger partial charge in [-0.25, -0.2) is 4.39 Å². The van der Waals surface area contributed by atoms with Gasteiger partial charge < -0.3 is 10.1 Å². The van der Waals surface area contributed by atoms with E-state index in [0.717, 1.165) is 35.7 Å². The largest absolute Gasteiger partial charge is 0.376 e. The number of rotatable bonds is 8. The average molecular weight is 495 g/mol. The smallest absolute Gasteiger partial charge is 0.242 e. The number of thioether (sulfide) groups is 1. The zero-order valence-electron chi connectivity index (χ0n) is 18.3. The number of halogens is 1. The van der Waals surface area contributed by atoms with Gasteiger partial charge in [0, 0.05) is 12.3 Å². The van der Waals surface area contributed by atoms with Crippen LogP contribution in [0.1, 0.15) is 23.7 Å². The molecule has 5 rings (SSSR count). The van der Waals surface area contributed by atoms with Crippen LogP contribution in [0.15, 0.2) is 77.3 Å². The number of carbonyl (C=O) groups is 1. The van der Waals surface area contributed by atoms with E-state index in [1.165, 1.54) is 23.9 Å². The molecule has 1 aliphatic rings. The van der Waals surface area contributed by atoms with E-state index >= 15 is 0 Å². The summed E-state index contributed by atoms with van der Waals surface area (Å²) in [6, 6.07) is 19.3. The first-order valence-electron chi connectivity index (χ1n) is 11.0. The van der Waals surface area contributed by atoms with E-state index in [2.05, 4.69) is 20.1 Å². The molecule has 174 valence electrons. The maximum Gasteiger partial charge on any atom is 0.242 e. The van der Waals surface area contributed by atoms with E-state index in [1.54, 1.807) is 23.5 Å². The van der Waals surface area contributed by atoms with Gasteiger partial charge in [0.15, 0.2) is 11.0 Å². The van der Waals surface area contributed by atoms with Crippen LogP contribution in [0, 0.1) is 5.82 Å². The van der Waals surface area contributed by atoms with Crippen molar-refractivity contribution < 1.29 is 13.9 Å². The standard InChI is InChI=1S/C25H23FN4O2S2/c26-18-10-12-19(13-11-18)27-24(31)22(17-6-2-1-3-7-17)34-25-29-28-23(21-9-5-15-33-21)30(25)16-20-8-4-14-32-20/h1-3,5-7,9-13,15,20,22H,4,8,14,16H2,(H,27,31)/t20-,22-/m1/s1. The van der Waals surface area contributed by atoms with Gasteiger partial charge in [-0.05, 0) is 54.1 Å². The number of nitrogens with zero attached hydrogens (tertiary/aromatic N) is 3. The lowest BCUT2D eigenvalue weighted by molar-refractivity contribution is -0.115. The summed E-state index contributed by atoms with van der Waals surface area (Å²) in [5.74, 6) is 0.209. The van der Waals surface area contributed by atoms with Gasteiger partial charge in [0.25, 0.3) is 0 Å². The molecular weight excluding hydrogens is 471 g/mol. The summed E-state index contributed by atoms with van der Waals surface area (Å²) < 4.78 is 21.3.